The maximum Gasteiger partial charge on any atom is 0.130 e. The fourth-order valence-electron chi connectivity index (χ4n) is 3.41. The zero-order valence-electron chi connectivity index (χ0n) is 12.3. The fraction of sp³-hybridized carbons (Fsp3) is 0.412. The number of aromatic nitrogens is 1. The Labute approximate surface area is 125 Å². The number of rotatable bonds is 3. The van der Waals surface area contributed by atoms with Gasteiger partial charge in [0.25, 0.3) is 0 Å². The molecule has 21 heavy (non-hydrogen) atoms. The monoisotopic (exact) mass is 280 g/mol. The molecule has 1 aliphatic rings. The van der Waals surface area contributed by atoms with Gasteiger partial charge < -0.3 is 10.6 Å². The van der Waals surface area contributed by atoms with E-state index < -0.39 is 0 Å². The van der Waals surface area contributed by atoms with E-state index in [0.29, 0.717) is 24.1 Å². The summed E-state index contributed by atoms with van der Waals surface area (Å²) < 4.78 is 0. The molecular formula is C17H20N4. The highest BCUT2D eigenvalue weighted by Crippen LogP contribution is 2.32. The minimum absolute atomic E-state index is 0.426. The maximum absolute atomic E-state index is 9.39. The predicted octanol–water partition coefficient (Wildman–Crippen LogP) is 2.67. The van der Waals surface area contributed by atoms with Crippen molar-refractivity contribution in [2.45, 2.75) is 25.3 Å². The van der Waals surface area contributed by atoms with Gasteiger partial charge in [0, 0.05) is 18.5 Å². The van der Waals surface area contributed by atoms with Crippen LogP contribution in [0, 0.1) is 17.2 Å². The lowest BCUT2D eigenvalue weighted by atomic mass is 10.0. The molecule has 0 aliphatic heterocycles. The number of benzene rings is 1. The molecule has 0 bridgehead atoms. The van der Waals surface area contributed by atoms with Crippen LogP contribution < -0.4 is 10.6 Å². The Kier molecular flexibility index (Phi) is 3.76. The third-order valence-electron chi connectivity index (χ3n) is 4.60. The summed E-state index contributed by atoms with van der Waals surface area (Å²) in [5.74, 6) is 1.39. The van der Waals surface area contributed by atoms with Crippen LogP contribution in [0.1, 0.15) is 24.8 Å². The highest BCUT2D eigenvalue weighted by Gasteiger charge is 2.30. The first-order valence-corrected chi connectivity index (χ1v) is 7.47. The zero-order chi connectivity index (χ0) is 14.8. The molecule has 0 spiro atoms. The quantitative estimate of drug-likeness (QED) is 0.938. The molecule has 2 unspecified atom stereocenters. The van der Waals surface area contributed by atoms with Crippen molar-refractivity contribution in [3.8, 4) is 6.07 Å². The second-order valence-corrected chi connectivity index (χ2v) is 5.76. The van der Waals surface area contributed by atoms with E-state index in [4.69, 9.17) is 10.7 Å². The van der Waals surface area contributed by atoms with Gasteiger partial charge in [0.2, 0.25) is 0 Å². The van der Waals surface area contributed by atoms with Crippen molar-refractivity contribution in [1.82, 2.24) is 4.98 Å². The van der Waals surface area contributed by atoms with E-state index in [1.54, 1.807) is 0 Å². The summed E-state index contributed by atoms with van der Waals surface area (Å²) in [4.78, 5) is 6.94. The maximum atomic E-state index is 9.39. The molecule has 1 fully saturated rings. The van der Waals surface area contributed by atoms with Gasteiger partial charge in [-0.05, 0) is 37.4 Å². The van der Waals surface area contributed by atoms with Crippen molar-refractivity contribution >= 4 is 16.7 Å². The number of anilines is 1. The van der Waals surface area contributed by atoms with E-state index in [9.17, 15) is 5.26 Å². The number of hydrogen-bond donors (Lipinski definition) is 1. The minimum atomic E-state index is 0.426. The van der Waals surface area contributed by atoms with E-state index >= 15 is 0 Å². The zero-order valence-corrected chi connectivity index (χ0v) is 12.3. The number of nitriles is 1. The van der Waals surface area contributed by atoms with E-state index in [0.717, 1.165) is 23.1 Å². The van der Waals surface area contributed by atoms with Crippen LogP contribution in [0.2, 0.25) is 0 Å². The molecule has 1 aromatic heterocycles. The number of hydrogen-bond acceptors (Lipinski definition) is 4. The molecular weight excluding hydrogens is 260 g/mol. The molecule has 1 saturated carbocycles. The van der Waals surface area contributed by atoms with E-state index in [1.807, 2.05) is 30.3 Å². The average molecular weight is 280 g/mol. The molecule has 4 nitrogen and oxygen atoms in total. The fourth-order valence-corrected chi connectivity index (χ4v) is 3.41. The molecule has 1 aliphatic carbocycles. The van der Waals surface area contributed by atoms with Crippen LogP contribution in [-0.2, 0) is 0 Å². The third kappa shape index (κ3) is 2.45. The third-order valence-corrected chi connectivity index (χ3v) is 4.60. The topological polar surface area (TPSA) is 65.9 Å². The predicted molar refractivity (Wildman–Crippen MR) is 85.0 cm³/mol. The lowest BCUT2D eigenvalue weighted by Gasteiger charge is -2.30. The number of nitrogens with two attached hydrogens (primary N) is 1. The van der Waals surface area contributed by atoms with Gasteiger partial charge in [0.15, 0.2) is 0 Å². The normalized spacial score (nSPS) is 21.4. The highest BCUT2D eigenvalue weighted by atomic mass is 15.2. The Morgan fingerprint density at radius 2 is 2.19 bits per heavy atom. The standard InChI is InChI=1S/C17H20N4/c1-21(16-8-4-5-12(16)10-18)17-9-13(11-19)14-6-2-3-7-15(14)20-17/h2-3,6-7,9,12,16H,4-5,8,10,18H2,1H3. The van der Waals surface area contributed by atoms with Gasteiger partial charge in [0.1, 0.15) is 5.82 Å². The SMILES string of the molecule is CN(c1cc(C#N)c2ccccc2n1)C1CCCC1CN. The lowest BCUT2D eigenvalue weighted by molar-refractivity contribution is 0.472. The van der Waals surface area contributed by atoms with Gasteiger partial charge in [-0.25, -0.2) is 4.98 Å². The summed E-state index contributed by atoms with van der Waals surface area (Å²) in [6, 6.07) is 12.4. The average Bonchev–Trinajstić information content (AvgIpc) is 3.01. The van der Waals surface area contributed by atoms with Gasteiger partial charge in [-0.1, -0.05) is 24.6 Å². The molecule has 2 aromatic rings. The largest absolute Gasteiger partial charge is 0.356 e. The van der Waals surface area contributed by atoms with Crippen LogP contribution in [-0.4, -0.2) is 24.6 Å². The Bertz CT molecular complexity index is 689. The number of pyridine rings is 1. The molecule has 0 saturated heterocycles. The Hall–Kier alpha value is -2.12. The summed E-state index contributed by atoms with van der Waals surface area (Å²) in [7, 11) is 2.07. The van der Waals surface area contributed by atoms with Gasteiger partial charge in [-0.2, -0.15) is 5.26 Å². The molecule has 108 valence electrons. The number of nitrogens with zero attached hydrogens (tertiary/aromatic N) is 3. The molecule has 1 heterocycles. The van der Waals surface area contributed by atoms with Gasteiger partial charge >= 0.3 is 0 Å². The van der Waals surface area contributed by atoms with Crippen LogP contribution in [0.3, 0.4) is 0 Å². The summed E-state index contributed by atoms with van der Waals surface area (Å²) in [5.41, 5.74) is 7.45. The first-order chi connectivity index (χ1) is 10.2. The van der Waals surface area contributed by atoms with Crippen LogP contribution >= 0.6 is 0 Å². The van der Waals surface area contributed by atoms with E-state index in [2.05, 4.69) is 18.0 Å². The summed E-state index contributed by atoms with van der Waals surface area (Å²) in [5, 5.41) is 10.3. The molecule has 3 rings (SSSR count). The second-order valence-electron chi connectivity index (χ2n) is 5.76. The highest BCUT2D eigenvalue weighted by molar-refractivity contribution is 5.86. The smallest absolute Gasteiger partial charge is 0.130 e. The second kappa shape index (κ2) is 5.71. The van der Waals surface area contributed by atoms with Crippen molar-refractivity contribution in [3.05, 3.63) is 35.9 Å². The van der Waals surface area contributed by atoms with E-state index in [1.165, 1.54) is 12.8 Å². The van der Waals surface area contributed by atoms with Gasteiger partial charge in [-0.15, -0.1) is 0 Å². The van der Waals surface area contributed by atoms with Crippen molar-refractivity contribution in [3.63, 3.8) is 0 Å². The van der Waals surface area contributed by atoms with Crippen molar-refractivity contribution < 1.29 is 0 Å². The first-order valence-electron chi connectivity index (χ1n) is 7.47. The summed E-state index contributed by atoms with van der Waals surface area (Å²) in [6.07, 6.45) is 3.55. The number of fused-ring (bicyclic) bond motifs is 1. The lowest BCUT2D eigenvalue weighted by Crippen LogP contribution is -2.38. The molecule has 1 aromatic carbocycles. The number of para-hydroxylation sites is 1. The minimum Gasteiger partial charge on any atom is -0.356 e. The van der Waals surface area contributed by atoms with Gasteiger partial charge in [0.05, 0.1) is 17.1 Å². The van der Waals surface area contributed by atoms with Crippen LogP contribution in [0.4, 0.5) is 5.82 Å². The van der Waals surface area contributed by atoms with Crippen LogP contribution in [0.5, 0.6) is 0 Å². The molecule has 0 amide bonds. The molecule has 4 heteroatoms. The van der Waals surface area contributed by atoms with Crippen molar-refractivity contribution in [1.29, 1.82) is 5.26 Å². The van der Waals surface area contributed by atoms with Crippen LogP contribution in [0.15, 0.2) is 30.3 Å². The van der Waals surface area contributed by atoms with Crippen molar-refractivity contribution in [2.75, 3.05) is 18.5 Å². The van der Waals surface area contributed by atoms with Crippen molar-refractivity contribution in [2.24, 2.45) is 11.7 Å². The summed E-state index contributed by atoms with van der Waals surface area (Å²) >= 11 is 0. The molecule has 0 radical (unpaired) electrons. The molecule has 2 N–H and O–H groups in total. The van der Waals surface area contributed by atoms with Gasteiger partial charge in [-0.3, -0.25) is 0 Å². The first kappa shape index (κ1) is 13.8. The van der Waals surface area contributed by atoms with Crippen LogP contribution in [0.25, 0.3) is 10.9 Å². The Morgan fingerprint density at radius 1 is 1.38 bits per heavy atom. The summed E-state index contributed by atoms with van der Waals surface area (Å²) in [6.45, 7) is 0.716. The molecule has 2 atom stereocenters. The van der Waals surface area contributed by atoms with E-state index in [-0.39, 0.29) is 0 Å². The Morgan fingerprint density at radius 3 is 2.95 bits per heavy atom. The Balaban J connectivity index is 2.02.